The molecule has 1 amide bonds. The highest BCUT2D eigenvalue weighted by molar-refractivity contribution is 7.17. The Labute approximate surface area is 184 Å². The van der Waals surface area contributed by atoms with Gasteiger partial charge in [-0.3, -0.25) is 18.7 Å². The summed E-state index contributed by atoms with van der Waals surface area (Å²) in [5.74, 6) is 0.547. The van der Waals surface area contributed by atoms with Crippen LogP contribution in [0.15, 0.2) is 45.3 Å². The first-order valence-corrected chi connectivity index (χ1v) is 11.5. The van der Waals surface area contributed by atoms with E-state index in [9.17, 15) is 14.4 Å². The molecule has 1 aliphatic rings. The van der Waals surface area contributed by atoms with Gasteiger partial charge in [-0.05, 0) is 43.2 Å². The van der Waals surface area contributed by atoms with Crippen LogP contribution in [-0.2, 0) is 17.9 Å². The summed E-state index contributed by atoms with van der Waals surface area (Å²) in [5.41, 5.74) is 0.448. The standard InChI is InChI=1S/C23H27N3O4S/c1-3-17-9-6-7-12-24(17)20(27)15-25-18-11-13-31-21(18)22(28)26(23(25)29)14-16-8-4-5-10-19(16)30-2/h4-5,8,10-11,13,17H,3,6-7,9,12,14-15H2,1-2H3. The molecule has 7 nitrogen and oxygen atoms in total. The second-order valence-electron chi connectivity index (χ2n) is 7.85. The van der Waals surface area contributed by atoms with Gasteiger partial charge in [-0.25, -0.2) is 4.79 Å². The zero-order chi connectivity index (χ0) is 22.0. The lowest BCUT2D eigenvalue weighted by molar-refractivity contribution is -0.135. The van der Waals surface area contributed by atoms with Crippen LogP contribution in [0.5, 0.6) is 5.75 Å². The van der Waals surface area contributed by atoms with E-state index in [0.29, 0.717) is 16.0 Å². The average molecular weight is 442 g/mol. The highest BCUT2D eigenvalue weighted by Crippen LogP contribution is 2.22. The maximum atomic E-state index is 13.4. The van der Waals surface area contributed by atoms with Crippen molar-refractivity contribution in [1.29, 1.82) is 0 Å². The van der Waals surface area contributed by atoms with E-state index in [0.717, 1.165) is 37.8 Å². The summed E-state index contributed by atoms with van der Waals surface area (Å²) in [4.78, 5) is 41.5. The quantitative estimate of drug-likeness (QED) is 0.589. The predicted octanol–water partition coefficient (Wildman–Crippen LogP) is 3.07. The number of aromatic nitrogens is 2. The Balaban J connectivity index is 1.76. The van der Waals surface area contributed by atoms with Gasteiger partial charge < -0.3 is 9.64 Å². The number of carbonyl (C=O) groups is 1. The molecule has 1 fully saturated rings. The average Bonchev–Trinajstić information content (AvgIpc) is 3.29. The first kappa shape index (κ1) is 21.4. The molecule has 1 aliphatic heterocycles. The third-order valence-electron chi connectivity index (χ3n) is 6.07. The number of nitrogens with zero attached hydrogens (tertiary/aromatic N) is 3. The van der Waals surface area contributed by atoms with Gasteiger partial charge in [-0.1, -0.05) is 25.1 Å². The Morgan fingerprint density at radius 3 is 2.74 bits per heavy atom. The van der Waals surface area contributed by atoms with E-state index in [4.69, 9.17) is 4.74 Å². The van der Waals surface area contributed by atoms with Crippen molar-refractivity contribution in [3.05, 3.63) is 62.1 Å². The molecule has 0 saturated carbocycles. The van der Waals surface area contributed by atoms with Crippen LogP contribution in [0.3, 0.4) is 0 Å². The summed E-state index contributed by atoms with van der Waals surface area (Å²) >= 11 is 1.29. The van der Waals surface area contributed by atoms with Gasteiger partial charge in [0, 0.05) is 18.2 Å². The van der Waals surface area contributed by atoms with E-state index in [1.165, 1.54) is 20.5 Å². The van der Waals surface area contributed by atoms with Gasteiger partial charge in [0.2, 0.25) is 5.91 Å². The maximum Gasteiger partial charge on any atom is 0.332 e. The summed E-state index contributed by atoms with van der Waals surface area (Å²) in [7, 11) is 1.56. The molecule has 0 aliphatic carbocycles. The molecule has 3 aromatic rings. The summed E-state index contributed by atoms with van der Waals surface area (Å²) in [6.07, 6.45) is 4.01. The number of para-hydroxylation sites is 1. The first-order valence-electron chi connectivity index (χ1n) is 10.7. The smallest absolute Gasteiger partial charge is 0.332 e. The predicted molar refractivity (Wildman–Crippen MR) is 122 cm³/mol. The van der Waals surface area contributed by atoms with Crippen molar-refractivity contribution in [2.75, 3.05) is 13.7 Å². The van der Waals surface area contributed by atoms with E-state index in [2.05, 4.69) is 6.92 Å². The van der Waals surface area contributed by atoms with Crippen molar-refractivity contribution in [1.82, 2.24) is 14.0 Å². The number of hydrogen-bond acceptors (Lipinski definition) is 5. The van der Waals surface area contributed by atoms with Gasteiger partial charge in [0.25, 0.3) is 5.56 Å². The highest BCUT2D eigenvalue weighted by Gasteiger charge is 2.26. The minimum Gasteiger partial charge on any atom is -0.496 e. The Kier molecular flexibility index (Phi) is 6.27. The molecule has 1 saturated heterocycles. The fraction of sp³-hybridized carbons (Fsp3) is 0.435. The molecular weight excluding hydrogens is 414 g/mol. The minimum absolute atomic E-state index is 0.0607. The van der Waals surface area contributed by atoms with Crippen molar-refractivity contribution in [3.8, 4) is 5.75 Å². The fourth-order valence-corrected chi connectivity index (χ4v) is 5.25. The SMILES string of the molecule is CCC1CCCCN1C(=O)Cn1c(=O)n(Cc2ccccc2OC)c(=O)c2sccc21. The van der Waals surface area contributed by atoms with Gasteiger partial charge in [0.15, 0.2) is 0 Å². The summed E-state index contributed by atoms with van der Waals surface area (Å²) in [6, 6.07) is 9.28. The molecular formula is C23H27N3O4S. The van der Waals surface area contributed by atoms with E-state index in [1.807, 2.05) is 23.1 Å². The molecule has 8 heteroatoms. The summed E-state index contributed by atoms with van der Waals surface area (Å²) in [6.45, 7) is 2.84. The lowest BCUT2D eigenvalue weighted by Crippen LogP contribution is -2.47. The number of benzene rings is 1. The van der Waals surface area contributed by atoms with Crippen molar-refractivity contribution in [2.24, 2.45) is 0 Å². The molecule has 31 heavy (non-hydrogen) atoms. The Hall–Kier alpha value is -2.87. The third-order valence-corrected chi connectivity index (χ3v) is 6.96. The molecule has 3 heterocycles. The number of rotatable bonds is 6. The number of amides is 1. The summed E-state index contributed by atoms with van der Waals surface area (Å²) < 4.78 is 8.52. The van der Waals surface area contributed by atoms with Crippen molar-refractivity contribution < 1.29 is 9.53 Å². The number of carbonyl (C=O) groups excluding carboxylic acids is 1. The van der Waals surface area contributed by atoms with Gasteiger partial charge in [-0.2, -0.15) is 0 Å². The molecule has 1 atom stereocenters. The second kappa shape index (κ2) is 9.09. The fourth-order valence-electron chi connectivity index (χ4n) is 4.41. The van der Waals surface area contributed by atoms with E-state index in [-0.39, 0.29) is 30.6 Å². The number of methoxy groups -OCH3 is 1. The van der Waals surface area contributed by atoms with Crippen molar-refractivity contribution in [3.63, 3.8) is 0 Å². The normalized spacial score (nSPS) is 16.6. The van der Waals surface area contributed by atoms with Crippen LogP contribution >= 0.6 is 11.3 Å². The van der Waals surface area contributed by atoms with Crippen LogP contribution in [-0.4, -0.2) is 39.6 Å². The van der Waals surface area contributed by atoms with Crippen LogP contribution < -0.4 is 16.0 Å². The Bertz CT molecular complexity index is 1210. The number of ether oxygens (including phenoxy) is 1. The lowest BCUT2D eigenvalue weighted by atomic mass is 10.00. The molecule has 1 aromatic carbocycles. The molecule has 2 aromatic heterocycles. The number of likely N-dealkylation sites (tertiary alicyclic amines) is 1. The first-order chi connectivity index (χ1) is 15.0. The van der Waals surface area contributed by atoms with Crippen LogP contribution in [0.1, 0.15) is 38.2 Å². The van der Waals surface area contributed by atoms with Gasteiger partial charge in [-0.15, -0.1) is 11.3 Å². The molecule has 0 bridgehead atoms. The molecule has 0 spiro atoms. The van der Waals surface area contributed by atoms with Crippen LogP contribution in [0, 0.1) is 0 Å². The van der Waals surface area contributed by atoms with Crippen molar-refractivity contribution in [2.45, 2.75) is 51.7 Å². The Morgan fingerprint density at radius 1 is 1.16 bits per heavy atom. The Morgan fingerprint density at radius 2 is 1.97 bits per heavy atom. The van der Waals surface area contributed by atoms with Crippen LogP contribution in [0.2, 0.25) is 0 Å². The number of thiophene rings is 1. The second-order valence-corrected chi connectivity index (χ2v) is 8.77. The van der Waals surface area contributed by atoms with Crippen LogP contribution in [0.25, 0.3) is 10.2 Å². The van der Waals surface area contributed by atoms with Gasteiger partial charge in [0.05, 0.1) is 19.2 Å². The topological polar surface area (TPSA) is 73.5 Å². The van der Waals surface area contributed by atoms with Crippen molar-refractivity contribution >= 4 is 27.5 Å². The zero-order valence-corrected chi connectivity index (χ0v) is 18.7. The molecule has 4 rings (SSSR count). The van der Waals surface area contributed by atoms with E-state index in [1.54, 1.807) is 24.6 Å². The van der Waals surface area contributed by atoms with Gasteiger partial charge >= 0.3 is 5.69 Å². The maximum absolute atomic E-state index is 13.4. The monoisotopic (exact) mass is 441 g/mol. The molecule has 1 unspecified atom stereocenters. The van der Waals surface area contributed by atoms with E-state index >= 15 is 0 Å². The molecule has 0 N–H and O–H groups in total. The largest absolute Gasteiger partial charge is 0.496 e. The molecule has 0 radical (unpaired) electrons. The van der Waals surface area contributed by atoms with Gasteiger partial charge in [0.1, 0.15) is 17.0 Å². The third kappa shape index (κ3) is 4.04. The summed E-state index contributed by atoms with van der Waals surface area (Å²) in [5, 5.41) is 1.79. The lowest BCUT2D eigenvalue weighted by Gasteiger charge is -2.35. The van der Waals surface area contributed by atoms with E-state index < -0.39 is 5.69 Å². The molecule has 164 valence electrons. The number of hydrogen-bond donors (Lipinski definition) is 0. The number of piperidine rings is 1. The zero-order valence-electron chi connectivity index (χ0n) is 17.9. The van der Waals surface area contributed by atoms with Crippen LogP contribution in [0.4, 0.5) is 0 Å². The minimum atomic E-state index is -0.472. The number of fused-ring (bicyclic) bond motifs is 1. The highest BCUT2D eigenvalue weighted by atomic mass is 32.1.